The standard InChI is InChI=1S/C22H37N7O7.C7H16N2O2.C7H8.C2H6.Na/c1-2-3-4-5-6-9-16(21(36)28-15(13-30)8-7-10-25-22(23)24)29-18(32)12-26-20(35)17(27-14-31)11-19(33)34;1-3-4-5-9(11)8-6-7(2)10;1-7-5-3-2-4-6-7;1-2;/h15-17H,2-12H2,1H3,(H,26,35)(H,27,31)(H,28,36)(H,29,32)(H,33,34)(H4,23,24,25);8,11H,3-6H2,1-2H3;2-6H,1H3;1-2H3;/q-2;;;;+1. The van der Waals surface area contributed by atoms with Crippen LogP contribution in [0.25, 0.3) is 0 Å². The van der Waals surface area contributed by atoms with Crippen LogP contribution >= 0.6 is 0 Å². The van der Waals surface area contributed by atoms with Crippen LogP contribution in [-0.2, 0) is 33.6 Å². The van der Waals surface area contributed by atoms with Gasteiger partial charge in [-0.05, 0) is 33.1 Å². The summed E-state index contributed by atoms with van der Waals surface area (Å²) in [6.45, 7) is 12.1. The fourth-order valence-corrected chi connectivity index (χ4v) is 4.27. The molecule has 0 bridgehead atoms. The molecule has 3 atom stereocenters. The van der Waals surface area contributed by atoms with Crippen LogP contribution in [-0.4, -0.2) is 108 Å². The van der Waals surface area contributed by atoms with E-state index < -0.39 is 54.8 Å². The molecule has 57 heavy (non-hydrogen) atoms. The molecule has 0 aromatic heterocycles. The number of hydrogen-bond acceptors (Lipinski definition) is 11. The molecule has 0 fully saturated rings. The van der Waals surface area contributed by atoms with Crippen molar-refractivity contribution in [3.63, 3.8) is 0 Å². The number of rotatable bonds is 27. The third-order valence-corrected chi connectivity index (χ3v) is 7.18. The number of Topliss-reactive ketones (excluding diaryl/α,β-unsaturated/α-hetero) is 1. The maximum atomic E-state index is 12.8. The number of nitrogens with two attached hydrogens (primary N) is 2. The monoisotopic (exact) mass is 816 g/mol. The minimum Gasteiger partial charge on any atom is -0.540 e. The fourth-order valence-electron chi connectivity index (χ4n) is 4.27. The zero-order valence-electron chi connectivity index (χ0n) is 35.0. The zero-order chi connectivity index (χ0) is 43.1. The predicted octanol–water partition coefficient (Wildman–Crippen LogP) is -1.31. The molecule has 19 heteroatoms. The second-order valence-corrected chi connectivity index (χ2v) is 12.2. The number of hydrogen-bond donors (Lipinski definition) is 9. The first kappa shape index (κ1) is 59.7. The Balaban J connectivity index is -0.000000541. The van der Waals surface area contributed by atoms with Gasteiger partial charge in [-0.15, -0.1) is 5.17 Å². The van der Waals surface area contributed by atoms with Crippen molar-refractivity contribution in [2.45, 2.75) is 130 Å². The minimum atomic E-state index is -1.41. The number of carbonyl (C=O) groups excluding carboxylic acids is 6. The van der Waals surface area contributed by atoms with Gasteiger partial charge in [-0.2, -0.15) is 6.41 Å². The Labute approximate surface area is 360 Å². The van der Waals surface area contributed by atoms with Crippen molar-refractivity contribution in [1.82, 2.24) is 31.9 Å². The zero-order valence-corrected chi connectivity index (χ0v) is 37.0. The molecule has 0 heterocycles. The van der Waals surface area contributed by atoms with Gasteiger partial charge in [0.1, 0.15) is 11.8 Å². The van der Waals surface area contributed by atoms with E-state index in [0.717, 1.165) is 43.7 Å². The molecule has 0 radical (unpaired) electrons. The molecule has 11 N–H and O–H groups in total. The topological polar surface area (TPSA) is 288 Å². The number of hydrazine groups is 1. The van der Waals surface area contributed by atoms with Crippen molar-refractivity contribution in [3.05, 3.63) is 35.9 Å². The number of unbranched alkanes of at least 4 members (excludes halogenated alkanes) is 5. The molecule has 0 saturated carbocycles. The van der Waals surface area contributed by atoms with Crippen molar-refractivity contribution in [2.75, 3.05) is 26.2 Å². The van der Waals surface area contributed by atoms with Crippen LogP contribution in [0.2, 0.25) is 0 Å². The van der Waals surface area contributed by atoms with Crippen LogP contribution in [0, 0.1) is 6.92 Å². The number of hydroxylamine groups is 1. The Bertz CT molecular complexity index is 1260. The van der Waals surface area contributed by atoms with Crippen LogP contribution < -0.4 is 67.7 Å². The summed E-state index contributed by atoms with van der Waals surface area (Å²) >= 11 is 0. The van der Waals surface area contributed by atoms with Gasteiger partial charge in [-0.3, -0.25) is 34.2 Å². The minimum absolute atomic E-state index is 0. The van der Waals surface area contributed by atoms with Gasteiger partial charge >= 0.3 is 35.5 Å². The van der Waals surface area contributed by atoms with Gasteiger partial charge in [-0.1, -0.05) is 115 Å². The third kappa shape index (κ3) is 40.1. The summed E-state index contributed by atoms with van der Waals surface area (Å²) in [7, 11) is 0. The van der Waals surface area contributed by atoms with Gasteiger partial charge in [-0.25, -0.2) is 11.7 Å². The van der Waals surface area contributed by atoms with Gasteiger partial charge in [0, 0.05) is 13.1 Å². The number of carboxylic acids is 1. The van der Waals surface area contributed by atoms with E-state index in [0.29, 0.717) is 25.8 Å². The largest absolute Gasteiger partial charge is 1.00 e. The molecule has 3 unspecified atom stereocenters. The number of guanidine groups is 1. The molecule has 0 aliphatic heterocycles. The Morgan fingerprint density at radius 1 is 0.842 bits per heavy atom. The van der Waals surface area contributed by atoms with Crippen molar-refractivity contribution in [2.24, 2.45) is 16.5 Å². The normalized spacial score (nSPS) is 11.3. The van der Waals surface area contributed by atoms with Crippen molar-refractivity contribution >= 4 is 48.1 Å². The van der Waals surface area contributed by atoms with E-state index in [2.05, 4.69) is 52.3 Å². The van der Waals surface area contributed by atoms with Crippen LogP contribution in [0.3, 0.4) is 0 Å². The number of carbonyl (C=O) groups is 5. The predicted molar refractivity (Wildman–Crippen MR) is 215 cm³/mol. The summed E-state index contributed by atoms with van der Waals surface area (Å²) in [5.41, 5.74) is 14.4. The molecule has 4 amide bonds. The number of aliphatic carboxylic acids is 1. The van der Waals surface area contributed by atoms with Gasteiger partial charge in [0.05, 0.1) is 25.6 Å². The molecule has 1 aromatic rings. The smallest absolute Gasteiger partial charge is 0.540 e. The third-order valence-electron chi connectivity index (χ3n) is 7.18. The number of carboxylic acid groups (broad SMARTS) is 1. The molecule has 0 aliphatic rings. The van der Waals surface area contributed by atoms with E-state index in [1.54, 1.807) is 6.29 Å². The molecular weight excluding hydrogens is 749 g/mol. The molecule has 0 aliphatic carbocycles. The number of nitrogens with one attached hydrogen (secondary N) is 5. The molecule has 320 valence electrons. The number of nitrogens with zero attached hydrogens (tertiary/aromatic N) is 2. The second kappa shape index (κ2) is 41.7. The molecule has 0 spiro atoms. The van der Waals surface area contributed by atoms with Gasteiger partial charge in [0.25, 0.3) is 0 Å². The Morgan fingerprint density at radius 3 is 1.95 bits per heavy atom. The van der Waals surface area contributed by atoms with Crippen molar-refractivity contribution in [1.29, 1.82) is 0 Å². The van der Waals surface area contributed by atoms with Gasteiger partial charge < -0.3 is 47.4 Å². The quantitative estimate of drug-likeness (QED) is 0.00950. The van der Waals surface area contributed by atoms with Crippen LogP contribution in [0.1, 0.15) is 111 Å². The SMILES string of the molecule is CC.CCCCCCCC(NC(=O)CNC(=O)C(CC(=O)O)N[C-]=O)C(=O)NC([C-]=O)CCCN=C(N)N.CCCCN(O)NCC(C)=O.Cc1ccccc1.[Na+]. The van der Waals surface area contributed by atoms with Crippen LogP contribution in [0.5, 0.6) is 0 Å². The average Bonchev–Trinajstić information content (AvgIpc) is 3.17. The summed E-state index contributed by atoms with van der Waals surface area (Å²) in [5.74, 6) is -3.59. The molecule has 0 saturated heterocycles. The average molecular weight is 817 g/mol. The number of aryl methyl sites for hydroxylation is 1. The van der Waals surface area contributed by atoms with Crippen molar-refractivity contribution < 1.29 is 73.4 Å². The van der Waals surface area contributed by atoms with Crippen LogP contribution in [0.15, 0.2) is 35.3 Å². The molecule has 18 nitrogen and oxygen atoms in total. The Hall–Kier alpha value is -3.94. The van der Waals surface area contributed by atoms with Crippen molar-refractivity contribution in [3.8, 4) is 0 Å². The summed E-state index contributed by atoms with van der Waals surface area (Å²) in [6, 6.07) is 6.96. The Morgan fingerprint density at radius 2 is 1.46 bits per heavy atom. The molecule has 1 rings (SSSR count). The molecular formula is C38H67N9NaO9-. The summed E-state index contributed by atoms with van der Waals surface area (Å²) in [5, 5.41) is 28.0. The van der Waals surface area contributed by atoms with E-state index in [9.17, 15) is 33.6 Å². The second-order valence-electron chi connectivity index (χ2n) is 12.2. The van der Waals surface area contributed by atoms with Gasteiger partial charge in [0.2, 0.25) is 17.7 Å². The molecule has 1 aromatic carbocycles. The van der Waals surface area contributed by atoms with E-state index in [-0.39, 0.29) is 60.8 Å². The summed E-state index contributed by atoms with van der Waals surface area (Å²) in [6.07, 6.45) is 9.73. The van der Waals surface area contributed by atoms with E-state index in [4.69, 9.17) is 21.8 Å². The number of aliphatic imine (C=N–C) groups is 1. The van der Waals surface area contributed by atoms with E-state index in [1.165, 1.54) is 18.9 Å². The number of ketones is 1. The maximum absolute atomic E-state index is 12.8. The number of benzene rings is 1. The first-order valence-electron chi connectivity index (χ1n) is 19.1. The first-order chi connectivity index (χ1) is 26.7. The summed E-state index contributed by atoms with van der Waals surface area (Å²) < 4.78 is 0. The number of amides is 4. The van der Waals surface area contributed by atoms with E-state index >= 15 is 0 Å². The Kier molecular flexibility index (Phi) is 43.7. The summed E-state index contributed by atoms with van der Waals surface area (Å²) in [4.78, 5) is 84.1. The van der Waals surface area contributed by atoms with Gasteiger partial charge in [0.15, 0.2) is 5.96 Å². The fraction of sp³-hybridized carbons (Fsp3) is 0.632. The van der Waals surface area contributed by atoms with E-state index in [1.807, 2.05) is 44.3 Å². The maximum Gasteiger partial charge on any atom is 1.00 e. The van der Waals surface area contributed by atoms with Crippen LogP contribution in [0.4, 0.5) is 0 Å². The first-order valence-corrected chi connectivity index (χ1v) is 19.1.